The highest BCUT2D eigenvalue weighted by Gasteiger charge is 2.09. The lowest BCUT2D eigenvalue weighted by Crippen LogP contribution is -2.20. The molecule has 0 unspecified atom stereocenters. The van der Waals surface area contributed by atoms with Gasteiger partial charge in [0, 0.05) is 18.2 Å². The molecule has 2 heterocycles. The molecule has 1 amide bonds. The highest BCUT2D eigenvalue weighted by molar-refractivity contribution is 7.99. The molecule has 0 spiro atoms. The number of nitrogens with zero attached hydrogens (tertiary/aromatic N) is 3. The van der Waals surface area contributed by atoms with Crippen molar-refractivity contribution in [2.24, 2.45) is 0 Å². The van der Waals surface area contributed by atoms with Crippen molar-refractivity contribution >= 4 is 35.2 Å². The van der Waals surface area contributed by atoms with E-state index in [9.17, 15) is 9.59 Å². The zero-order chi connectivity index (χ0) is 16.7. The third kappa shape index (κ3) is 5.92. The second-order valence-electron chi connectivity index (χ2n) is 4.21. The van der Waals surface area contributed by atoms with Crippen molar-refractivity contribution in [2.75, 3.05) is 17.2 Å². The molecule has 0 aromatic carbocycles. The molecule has 0 atom stereocenters. The minimum atomic E-state index is -0.547. The van der Waals surface area contributed by atoms with E-state index in [-0.39, 0.29) is 22.4 Å². The van der Waals surface area contributed by atoms with Crippen LogP contribution in [0.3, 0.4) is 0 Å². The van der Waals surface area contributed by atoms with Gasteiger partial charge in [0.1, 0.15) is 5.82 Å². The largest absolute Gasteiger partial charge is 0.416 e. The van der Waals surface area contributed by atoms with E-state index in [1.165, 1.54) is 23.3 Å². The molecule has 0 fully saturated rings. The van der Waals surface area contributed by atoms with E-state index in [0.717, 1.165) is 18.2 Å². The number of aromatic amines is 1. The van der Waals surface area contributed by atoms with Crippen molar-refractivity contribution in [3.63, 3.8) is 0 Å². The molecule has 0 aliphatic carbocycles. The molecular formula is C11H14N6O4S2. The van der Waals surface area contributed by atoms with E-state index in [2.05, 4.69) is 20.2 Å². The van der Waals surface area contributed by atoms with Gasteiger partial charge in [-0.05, 0) is 6.42 Å². The number of aromatic nitrogens is 4. The molecule has 124 valence electrons. The number of hydrogen-bond acceptors (Lipinski definition) is 10. The molecule has 23 heavy (non-hydrogen) atoms. The molecule has 5 N–H and O–H groups in total. The summed E-state index contributed by atoms with van der Waals surface area (Å²) in [5.41, 5.74) is 6.72. The number of anilines is 1. The Labute approximate surface area is 138 Å². The topological polar surface area (TPSA) is 160 Å². The minimum Gasteiger partial charge on any atom is -0.416 e. The van der Waals surface area contributed by atoms with Crippen LogP contribution in [0.2, 0.25) is 0 Å². The molecule has 0 aliphatic rings. The van der Waals surface area contributed by atoms with Crippen LogP contribution in [0, 0.1) is 0 Å². The molecule has 2 aromatic heterocycles. The predicted octanol–water partition coefficient (Wildman–Crippen LogP) is 0.0575. The molecule has 0 saturated heterocycles. The van der Waals surface area contributed by atoms with E-state index in [1.54, 1.807) is 0 Å². The number of thioether (sulfide) groups is 2. The van der Waals surface area contributed by atoms with Crippen LogP contribution in [0.4, 0.5) is 5.82 Å². The maximum Gasteiger partial charge on any atom is 0.277 e. The molecule has 12 heteroatoms. The smallest absolute Gasteiger partial charge is 0.277 e. The standard InChI is InChI=1S/C11H14N6O4S2/c12-6-4-7(18)14-10(13-6)22-3-1-2-9-15-16-11(21-9)23-5-8(19)17-20/h4,20H,1-3,5H2,(H,17,19)(H3,12,13,14,18). The van der Waals surface area contributed by atoms with Gasteiger partial charge >= 0.3 is 0 Å². The first-order valence-corrected chi connectivity index (χ1v) is 8.41. The summed E-state index contributed by atoms with van der Waals surface area (Å²) in [5.74, 6) is 0.759. The summed E-state index contributed by atoms with van der Waals surface area (Å²) in [6.45, 7) is 0. The SMILES string of the molecule is Nc1cc(=O)[nH]c(SCCCc2nnc(SCC(=O)NO)o2)n1. The van der Waals surface area contributed by atoms with Crippen molar-refractivity contribution in [3.8, 4) is 0 Å². The molecular weight excluding hydrogens is 344 g/mol. The summed E-state index contributed by atoms with van der Waals surface area (Å²) in [4.78, 5) is 28.7. The first-order valence-electron chi connectivity index (χ1n) is 6.44. The van der Waals surface area contributed by atoms with Gasteiger partial charge in [-0.15, -0.1) is 10.2 Å². The second-order valence-corrected chi connectivity index (χ2v) is 6.22. The zero-order valence-corrected chi connectivity index (χ0v) is 13.4. The number of aryl methyl sites for hydroxylation is 1. The van der Waals surface area contributed by atoms with Crippen molar-refractivity contribution in [1.82, 2.24) is 25.6 Å². The van der Waals surface area contributed by atoms with E-state index in [1.807, 2.05) is 0 Å². The third-order valence-corrected chi connectivity index (χ3v) is 4.19. The Kier molecular flexibility index (Phi) is 6.43. The van der Waals surface area contributed by atoms with Crippen LogP contribution in [0.1, 0.15) is 12.3 Å². The summed E-state index contributed by atoms with van der Waals surface area (Å²) in [6.07, 6.45) is 1.28. The summed E-state index contributed by atoms with van der Waals surface area (Å²) in [6, 6.07) is 1.22. The first kappa shape index (κ1) is 17.3. The lowest BCUT2D eigenvalue weighted by molar-refractivity contribution is -0.126. The van der Waals surface area contributed by atoms with Gasteiger partial charge in [-0.3, -0.25) is 14.8 Å². The van der Waals surface area contributed by atoms with Crippen LogP contribution in [-0.4, -0.2) is 42.8 Å². The number of carbonyl (C=O) groups is 1. The molecule has 0 bridgehead atoms. The first-order chi connectivity index (χ1) is 11.1. The van der Waals surface area contributed by atoms with Gasteiger partial charge in [-0.1, -0.05) is 23.5 Å². The molecule has 2 rings (SSSR count). The summed E-state index contributed by atoms with van der Waals surface area (Å²) >= 11 is 2.40. The van der Waals surface area contributed by atoms with Crippen molar-refractivity contribution < 1.29 is 14.4 Å². The summed E-state index contributed by atoms with van der Waals surface area (Å²) in [5, 5.41) is 16.7. The molecule has 0 saturated carbocycles. The van der Waals surface area contributed by atoms with Crippen LogP contribution in [0.25, 0.3) is 0 Å². The second kappa shape index (κ2) is 8.55. The van der Waals surface area contributed by atoms with E-state index >= 15 is 0 Å². The monoisotopic (exact) mass is 358 g/mol. The zero-order valence-electron chi connectivity index (χ0n) is 11.8. The average Bonchev–Trinajstić information content (AvgIpc) is 2.96. The minimum absolute atomic E-state index is 0.0115. The normalized spacial score (nSPS) is 10.7. The Balaban J connectivity index is 1.73. The number of nitrogens with one attached hydrogen (secondary N) is 2. The highest BCUT2D eigenvalue weighted by atomic mass is 32.2. The van der Waals surface area contributed by atoms with Crippen LogP contribution in [-0.2, 0) is 11.2 Å². The van der Waals surface area contributed by atoms with Gasteiger partial charge in [-0.25, -0.2) is 10.5 Å². The maximum atomic E-state index is 11.2. The number of carbonyl (C=O) groups excluding carboxylic acids is 1. The van der Waals surface area contributed by atoms with Gasteiger partial charge in [0.05, 0.1) is 5.75 Å². The lowest BCUT2D eigenvalue weighted by atomic mass is 10.3. The Morgan fingerprint density at radius 2 is 2.26 bits per heavy atom. The Hall–Kier alpha value is -2.05. The number of nitrogens with two attached hydrogens (primary N) is 1. The van der Waals surface area contributed by atoms with Gasteiger partial charge in [0.2, 0.25) is 5.89 Å². The van der Waals surface area contributed by atoms with Gasteiger partial charge < -0.3 is 15.1 Å². The lowest BCUT2D eigenvalue weighted by Gasteiger charge is -2.00. The molecule has 10 nitrogen and oxygen atoms in total. The van der Waals surface area contributed by atoms with Crippen LogP contribution in [0.5, 0.6) is 0 Å². The number of hydrogen-bond donors (Lipinski definition) is 4. The fraction of sp³-hybridized carbons (Fsp3) is 0.364. The molecule has 0 aliphatic heterocycles. The Morgan fingerprint density at radius 1 is 1.43 bits per heavy atom. The van der Waals surface area contributed by atoms with Crippen LogP contribution < -0.4 is 16.8 Å². The van der Waals surface area contributed by atoms with Crippen molar-refractivity contribution in [3.05, 3.63) is 22.3 Å². The Bertz CT molecular complexity index is 719. The number of amides is 1. The summed E-state index contributed by atoms with van der Waals surface area (Å²) < 4.78 is 5.35. The van der Waals surface area contributed by atoms with E-state index < -0.39 is 5.91 Å². The summed E-state index contributed by atoms with van der Waals surface area (Å²) in [7, 11) is 0. The number of rotatable bonds is 8. The van der Waals surface area contributed by atoms with Crippen LogP contribution >= 0.6 is 23.5 Å². The van der Waals surface area contributed by atoms with Crippen molar-refractivity contribution in [1.29, 1.82) is 0 Å². The van der Waals surface area contributed by atoms with Gasteiger partial charge in [0.15, 0.2) is 5.16 Å². The maximum absolute atomic E-state index is 11.2. The number of nitrogen functional groups attached to an aromatic ring is 1. The van der Waals surface area contributed by atoms with Crippen molar-refractivity contribution in [2.45, 2.75) is 23.2 Å². The van der Waals surface area contributed by atoms with Gasteiger partial charge in [0.25, 0.3) is 16.7 Å². The fourth-order valence-corrected chi connectivity index (χ4v) is 2.87. The highest BCUT2D eigenvalue weighted by Crippen LogP contribution is 2.18. The average molecular weight is 358 g/mol. The van der Waals surface area contributed by atoms with Crippen LogP contribution in [0.15, 0.2) is 25.7 Å². The Morgan fingerprint density at radius 3 is 3.00 bits per heavy atom. The predicted molar refractivity (Wildman–Crippen MR) is 83.3 cm³/mol. The van der Waals surface area contributed by atoms with Gasteiger partial charge in [-0.2, -0.15) is 0 Å². The molecule has 2 aromatic rings. The number of H-pyrrole nitrogens is 1. The van der Waals surface area contributed by atoms with E-state index in [4.69, 9.17) is 15.4 Å². The third-order valence-electron chi connectivity index (χ3n) is 2.41. The molecule has 0 radical (unpaired) electrons. The number of hydroxylamine groups is 1. The van der Waals surface area contributed by atoms with E-state index in [0.29, 0.717) is 23.2 Å². The quantitative estimate of drug-likeness (QED) is 0.167. The fourth-order valence-electron chi connectivity index (χ4n) is 1.47.